The van der Waals surface area contributed by atoms with Gasteiger partial charge < -0.3 is 15.7 Å². The molecule has 0 radical (unpaired) electrons. The zero-order valence-corrected chi connectivity index (χ0v) is 10.1. The van der Waals surface area contributed by atoms with Crippen LogP contribution in [-0.2, 0) is 10.8 Å². The van der Waals surface area contributed by atoms with E-state index in [1.807, 2.05) is 4.90 Å². The Kier molecular flexibility index (Phi) is 3.33. The summed E-state index contributed by atoms with van der Waals surface area (Å²) in [6.07, 6.45) is 0. The van der Waals surface area contributed by atoms with Crippen molar-refractivity contribution in [2.24, 2.45) is 0 Å². The molecule has 5 nitrogen and oxygen atoms in total. The van der Waals surface area contributed by atoms with Gasteiger partial charge in [-0.25, -0.2) is 4.79 Å². The third-order valence-electron chi connectivity index (χ3n) is 2.79. The fraction of sp³-hybridized carbons (Fsp3) is 0.364. The molecule has 3 N–H and O–H groups in total. The normalized spacial score (nSPS) is 17.1. The molecule has 0 bridgehead atoms. The standard InChI is InChI=1S/C11H14N2O3S/c12-9-3-1-2-8(11(14)15)10(9)13-4-6-17(16)7-5-13/h1-3H,4-7,12H2,(H,14,15). The Hall–Kier alpha value is -1.56. The highest BCUT2D eigenvalue weighted by Gasteiger charge is 2.22. The number of nitrogens with two attached hydrogens (primary N) is 1. The predicted octanol–water partition coefficient (Wildman–Crippen LogP) is 0.536. The van der Waals surface area contributed by atoms with E-state index in [1.165, 1.54) is 0 Å². The summed E-state index contributed by atoms with van der Waals surface area (Å²) in [5.74, 6) is 0.139. The molecular formula is C11H14N2O3S. The van der Waals surface area contributed by atoms with E-state index in [0.29, 0.717) is 36.0 Å². The summed E-state index contributed by atoms with van der Waals surface area (Å²) in [5.41, 5.74) is 7.06. The van der Waals surface area contributed by atoms with E-state index in [9.17, 15) is 9.00 Å². The summed E-state index contributed by atoms with van der Waals surface area (Å²) in [4.78, 5) is 13.0. The van der Waals surface area contributed by atoms with Crippen molar-refractivity contribution in [1.29, 1.82) is 0 Å². The van der Waals surface area contributed by atoms with Crippen molar-refractivity contribution < 1.29 is 14.1 Å². The number of anilines is 2. The van der Waals surface area contributed by atoms with Crippen molar-refractivity contribution >= 4 is 28.1 Å². The second-order valence-electron chi connectivity index (χ2n) is 3.88. The van der Waals surface area contributed by atoms with Crippen LogP contribution in [0.5, 0.6) is 0 Å². The molecule has 0 aliphatic carbocycles. The average molecular weight is 254 g/mol. The van der Waals surface area contributed by atoms with Crippen LogP contribution in [0.15, 0.2) is 18.2 Å². The number of nitrogen functional groups attached to an aromatic ring is 1. The smallest absolute Gasteiger partial charge is 0.337 e. The second-order valence-corrected chi connectivity index (χ2v) is 5.58. The first-order valence-corrected chi connectivity index (χ1v) is 6.80. The lowest BCUT2D eigenvalue weighted by atomic mass is 10.1. The Balaban J connectivity index is 2.36. The molecule has 0 saturated carbocycles. The Bertz CT molecular complexity index is 466. The largest absolute Gasteiger partial charge is 0.478 e. The number of carboxylic acid groups (broad SMARTS) is 1. The minimum Gasteiger partial charge on any atom is -0.478 e. The zero-order valence-electron chi connectivity index (χ0n) is 9.26. The molecule has 17 heavy (non-hydrogen) atoms. The van der Waals surface area contributed by atoms with Gasteiger partial charge in [0.2, 0.25) is 0 Å². The van der Waals surface area contributed by atoms with Crippen LogP contribution in [0.2, 0.25) is 0 Å². The topological polar surface area (TPSA) is 83.6 Å². The van der Waals surface area contributed by atoms with Gasteiger partial charge in [0.1, 0.15) is 0 Å². The summed E-state index contributed by atoms with van der Waals surface area (Å²) >= 11 is 0. The molecule has 1 heterocycles. The molecule has 6 heteroatoms. The fourth-order valence-corrected chi connectivity index (χ4v) is 3.00. The fourth-order valence-electron chi connectivity index (χ4n) is 1.95. The monoisotopic (exact) mass is 254 g/mol. The molecule has 1 aliphatic heterocycles. The Morgan fingerprint density at radius 3 is 2.59 bits per heavy atom. The molecular weight excluding hydrogens is 240 g/mol. The van der Waals surface area contributed by atoms with Crippen LogP contribution in [0.1, 0.15) is 10.4 Å². The minimum atomic E-state index is -0.987. The third-order valence-corrected chi connectivity index (χ3v) is 4.07. The molecule has 1 aromatic rings. The van der Waals surface area contributed by atoms with Crippen LogP contribution in [0.25, 0.3) is 0 Å². The van der Waals surface area contributed by atoms with Crippen LogP contribution in [0, 0.1) is 0 Å². The lowest BCUT2D eigenvalue weighted by Crippen LogP contribution is -2.39. The van der Waals surface area contributed by atoms with E-state index in [1.54, 1.807) is 18.2 Å². The maximum Gasteiger partial charge on any atom is 0.337 e. The van der Waals surface area contributed by atoms with Crippen molar-refractivity contribution in [2.75, 3.05) is 35.2 Å². The van der Waals surface area contributed by atoms with Gasteiger partial charge in [-0.1, -0.05) is 6.07 Å². The van der Waals surface area contributed by atoms with E-state index in [2.05, 4.69) is 0 Å². The molecule has 0 spiro atoms. The molecule has 1 aromatic carbocycles. The maximum absolute atomic E-state index is 11.3. The van der Waals surface area contributed by atoms with Gasteiger partial charge in [0.15, 0.2) is 0 Å². The van der Waals surface area contributed by atoms with Crippen molar-refractivity contribution in [3.05, 3.63) is 23.8 Å². The Morgan fingerprint density at radius 2 is 2.00 bits per heavy atom. The summed E-state index contributed by atoms with van der Waals surface area (Å²) in [5, 5.41) is 9.13. The first-order valence-electron chi connectivity index (χ1n) is 5.31. The lowest BCUT2D eigenvalue weighted by molar-refractivity contribution is 0.0697. The minimum absolute atomic E-state index is 0.206. The molecule has 2 rings (SSSR count). The third kappa shape index (κ3) is 2.41. The SMILES string of the molecule is Nc1cccc(C(=O)O)c1N1CCS(=O)CC1. The van der Waals surface area contributed by atoms with Crippen molar-refractivity contribution in [3.63, 3.8) is 0 Å². The van der Waals surface area contributed by atoms with Crippen LogP contribution in [0.3, 0.4) is 0 Å². The Labute approximate surface area is 102 Å². The highest BCUT2D eigenvalue weighted by molar-refractivity contribution is 7.85. The number of carbonyl (C=O) groups is 1. The predicted molar refractivity (Wildman–Crippen MR) is 67.9 cm³/mol. The first-order chi connectivity index (χ1) is 8.09. The number of hydrogen-bond donors (Lipinski definition) is 2. The van der Waals surface area contributed by atoms with Gasteiger partial charge in [0.05, 0.1) is 16.9 Å². The molecule has 0 atom stereocenters. The number of nitrogens with zero attached hydrogens (tertiary/aromatic N) is 1. The number of aromatic carboxylic acids is 1. The summed E-state index contributed by atoms with van der Waals surface area (Å²) in [6, 6.07) is 4.86. The number of carboxylic acids is 1. The Morgan fingerprint density at radius 1 is 1.35 bits per heavy atom. The van der Waals surface area contributed by atoms with Gasteiger partial charge >= 0.3 is 5.97 Å². The van der Waals surface area contributed by atoms with Crippen LogP contribution >= 0.6 is 0 Å². The van der Waals surface area contributed by atoms with Gasteiger partial charge in [0, 0.05) is 35.4 Å². The van der Waals surface area contributed by atoms with Gasteiger partial charge in [-0.3, -0.25) is 4.21 Å². The van der Waals surface area contributed by atoms with Gasteiger partial charge in [-0.15, -0.1) is 0 Å². The van der Waals surface area contributed by atoms with Crippen LogP contribution in [-0.4, -0.2) is 39.9 Å². The van der Waals surface area contributed by atoms with Crippen LogP contribution < -0.4 is 10.6 Å². The number of hydrogen-bond acceptors (Lipinski definition) is 4. The molecule has 0 amide bonds. The zero-order chi connectivity index (χ0) is 12.4. The van der Waals surface area contributed by atoms with Crippen molar-refractivity contribution in [3.8, 4) is 0 Å². The summed E-state index contributed by atoms with van der Waals surface area (Å²) < 4.78 is 11.3. The van der Waals surface area contributed by atoms with E-state index >= 15 is 0 Å². The van der Waals surface area contributed by atoms with E-state index < -0.39 is 16.8 Å². The van der Waals surface area contributed by atoms with Crippen LogP contribution in [0.4, 0.5) is 11.4 Å². The molecule has 0 aromatic heterocycles. The van der Waals surface area contributed by atoms with E-state index in [0.717, 1.165) is 0 Å². The molecule has 1 aliphatic rings. The quantitative estimate of drug-likeness (QED) is 0.752. The highest BCUT2D eigenvalue weighted by atomic mass is 32.2. The molecule has 1 fully saturated rings. The summed E-state index contributed by atoms with van der Waals surface area (Å²) in [6.45, 7) is 1.17. The number of rotatable bonds is 2. The molecule has 92 valence electrons. The van der Waals surface area contributed by atoms with Crippen molar-refractivity contribution in [2.45, 2.75) is 0 Å². The summed E-state index contributed by atoms with van der Waals surface area (Å²) in [7, 11) is -0.789. The average Bonchev–Trinajstić information content (AvgIpc) is 2.30. The number of para-hydroxylation sites is 1. The van der Waals surface area contributed by atoms with Gasteiger partial charge in [-0.05, 0) is 12.1 Å². The van der Waals surface area contributed by atoms with E-state index in [-0.39, 0.29) is 5.56 Å². The maximum atomic E-state index is 11.3. The lowest BCUT2D eigenvalue weighted by Gasteiger charge is -2.30. The highest BCUT2D eigenvalue weighted by Crippen LogP contribution is 2.28. The first kappa shape index (κ1) is 11.9. The second kappa shape index (κ2) is 4.75. The van der Waals surface area contributed by atoms with Gasteiger partial charge in [-0.2, -0.15) is 0 Å². The van der Waals surface area contributed by atoms with Crippen molar-refractivity contribution in [1.82, 2.24) is 0 Å². The van der Waals surface area contributed by atoms with E-state index in [4.69, 9.17) is 10.8 Å². The number of benzene rings is 1. The molecule has 0 unspecified atom stereocenters. The molecule has 1 saturated heterocycles. The van der Waals surface area contributed by atoms with Gasteiger partial charge in [0.25, 0.3) is 0 Å².